The van der Waals surface area contributed by atoms with Crippen molar-refractivity contribution < 1.29 is 14.6 Å². The predicted octanol–water partition coefficient (Wildman–Crippen LogP) is 3.33. The first kappa shape index (κ1) is 16.1. The molecule has 0 bridgehead atoms. The fraction of sp³-hybridized carbons (Fsp3) is 0.0667. The second-order valence-electron chi connectivity index (χ2n) is 5.19. The number of H-pyrrole nitrogens is 1. The highest BCUT2D eigenvalue weighted by molar-refractivity contribution is 5.98. The number of carbonyl (C=O) groups excluding carboxylic acids is 1. The molecule has 0 aliphatic carbocycles. The van der Waals surface area contributed by atoms with E-state index in [1.54, 1.807) is 0 Å². The number of hydrogen-bond acceptors (Lipinski definition) is 7. The first-order valence-corrected chi connectivity index (χ1v) is 7.05. The second-order valence-corrected chi connectivity index (χ2v) is 5.19. The number of nitro benzene ring substituents is 2. The van der Waals surface area contributed by atoms with Gasteiger partial charge in [0.05, 0.1) is 21.7 Å². The molecule has 126 valence electrons. The van der Waals surface area contributed by atoms with Crippen LogP contribution in [0.25, 0.3) is 11.0 Å². The second kappa shape index (κ2) is 6.00. The molecule has 0 saturated heterocycles. The van der Waals surface area contributed by atoms with Crippen LogP contribution in [0.4, 0.5) is 22.7 Å². The van der Waals surface area contributed by atoms with Crippen molar-refractivity contribution in [1.82, 2.24) is 9.97 Å². The van der Waals surface area contributed by atoms with E-state index in [4.69, 9.17) is 0 Å². The number of nitrogens with one attached hydrogen (secondary N) is 2. The molecule has 0 aliphatic rings. The molecule has 0 fully saturated rings. The van der Waals surface area contributed by atoms with Crippen molar-refractivity contribution in [2.45, 2.75) is 6.92 Å². The number of aromatic nitrogens is 2. The number of benzene rings is 2. The number of nitrogens with zero attached hydrogens (tertiary/aromatic N) is 3. The third-order valence-corrected chi connectivity index (χ3v) is 3.61. The highest BCUT2D eigenvalue weighted by Crippen LogP contribution is 2.41. The molecule has 2 aromatic carbocycles. The number of fused-ring (bicyclic) bond motifs is 1. The van der Waals surface area contributed by atoms with E-state index >= 15 is 0 Å². The number of aromatic amines is 1. The summed E-state index contributed by atoms with van der Waals surface area (Å²) in [5.74, 6) is -0.138. The Morgan fingerprint density at radius 2 is 1.84 bits per heavy atom. The van der Waals surface area contributed by atoms with Crippen molar-refractivity contribution in [2.24, 2.45) is 0 Å². The standard InChI is InChI=1S/C15H11N5O5/c1-8(21)9-2-4-10(5-3-9)18-14-12(19(22)23)6-11-13(17-7-16-11)15(14)20(24)25/h2-7,18H,1H3,(H,16,17). The smallest absolute Gasteiger partial charge is 0.327 e. The maximum absolute atomic E-state index is 11.5. The Morgan fingerprint density at radius 3 is 2.40 bits per heavy atom. The summed E-state index contributed by atoms with van der Waals surface area (Å²) >= 11 is 0. The zero-order chi connectivity index (χ0) is 18.1. The first-order chi connectivity index (χ1) is 11.9. The van der Waals surface area contributed by atoms with E-state index in [2.05, 4.69) is 15.3 Å². The lowest BCUT2D eigenvalue weighted by Gasteiger charge is -2.09. The third kappa shape index (κ3) is 2.87. The van der Waals surface area contributed by atoms with Crippen LogP contribution in [0.3, 0.4) is 0 Å². The zero-order valence-corrected chi connectivity index (χ0v) is 12.8. The highest BCUT2D eigenvalue weighted by Gasteiger charge is 2.30. The lowest BCUT2D eigenvalue weighted by Crippen LogP contribution is -2.03. The molecule has 10 heteroatoms. The number of anilines is 2. The quantitative estimate of drug-likeness (QED) is 0.411. The normalized spacial score (nSPS) is 10.6. The number of hydrogen-bond donors (Lipinski definition) is 2. The molecule has 0 radical (unpaired) electrons. The predicted molar refractivity (Wildman–Crippen MR) is 89.1 cm³/mol. The van der Waals surface area contributed by atoms with Gasteiger partial charge in [-0.3, -0.25) is 25.0 Å². The van der Waals surface area contributed by atoms with Crippen LogP contribution >= 0.6 is 0 Å². The van der Waals surface area contributed by atoms with Crippen molar-refractivity contribution in [3.8, 4) is 0 Å². The topological polar surface area (TPSA) is 144 Å². The third-order valence-electron chi connectivity index (χ3n) is 3.61. The minimum Gasteiger partial charge on any atom is -0.344 e. The molecule has 25 heavy (non-hydrogen) atoms. The fourth-order valence-corrected chi connectivity index (χ4v) is 2.43. The Labute approximate surface area is 139 Å². The number of carbonyl (C=O) groups is 1. The van der Waals surface area contributed by atoms with Crippen LogP contribution in [-0.4, -0.2) is 25.6 Å². The van der Waals surface area contributed by atoms with Crippen molar-refractivity contribution >= 4 is 39.6 Å². The van der Waals surface area contributed by atoms with Gasteiger partial charge in [0.15, 0.2) is 17.0 Å². The number of Topliss-reactive ketones (excluding diaryl/α,β-unsaturated/α-hetero) is 1. The molecule has 10 nitrogen and oxygen atoms in total. The van der Waals surface area contributed by atoms with Gasteiger partial charge in [0.25, 0.3) is 0 Å². The van der Waals surface area contributed by atoms with Gasteiger partial charge in [0.1, 0.15) is 0 Å². The first-order valence-electron chi connectivity index (χ1n) is 7.05. The van der Waals surface area contributed by atoms with Crippen LogP contribution in [0.5, 0.6) is 0 Å². The molecular weight excluding hydrogens is 330 g/mol. The van der Waals surface area contributed by atoms with Crippen LogP contribution in [0.2, 0.25) is 0 Å². The number of nitro groups is 2. The Bertz CT molecular complexity index is 1010. The van der Waals surface area contributed by atoms with E-state index in [1.807, 2.05) is 0 Å². The van der Waals surface area contributed by atoms with E-state index in [9.17, 15) is 25.0 Å². The Hall–Kier alpha value is -3.82. The van der Waals surface area contributed by atoms with E-state index in [0.717, 1.165) is 0 Å². The molecule has 2 N–H and O–H groups in total. The number of imidazole rings is 1. The van der Waals surface area contributed by atoms with Crippen molar-refractivity contribution in [1.29, 1.82) is 0 Å². The van der Waals surface area contributed by atoms with Crippen LogP contribution in [0.15, 0.2) is 36.7 Å². The summed E-state index contributed by atoms with van der Waals surface area (Å²) in [4.78, 5) is 39.2. The lowest BCUT2D eigenvalue weighted by molar-refractivity contribution is -0.391. The fourth-order valence-electron chi connectivity index (χ4n) is 2.43. The molecule has 0 saturated carbocycles. The number of rotatable bonds is 5. The summed E-state index contributed by atoms with van der Waals surface area (Å²) in [5.41, 5.74) is -0.205. The molecule has 3 rings (SSSR count). The molecule has 1 heterocycles. The number of ketones is 1. The van der Waals surface area contributed by atoms with Gasteiger partial charge in [0.2, 0.25) is 0 Å². The monoisotopic (exact) mass is 341 g/mol. The lowest BCUT2D eigenvalue weighted by atomic mass is 10.1. The Balaban J connectivity index is 2.17. The highest BCUT2D eigenvalue weighted by atomic mass is 16.6. The molecule has 0 unspecified atom stereocenters. The average Bonchev–Trinajstić information content (AvgIpc) is 3.02. The molecular formula is C15H11N5O5. The SMILES string of the molecule is CC(=O)c1ccc(Nc2c([N+](=O)[O-])cc3[nH]cnc3c2[N+](=O)[O-])cc1. The van der Waals surface area contributed by atoms with Gasteiger partial charge in [-0.05, 0) is 31.2 Å². The van der Waals surface area contributed by atoms with Gasteiger partial charge in [-0.25, -0.2) is 4.98 Å². The van der Waals surface area contributed by atoms with Crippen LogP contribution in [0.1, 0.15) is 17.3 Å². The van der Waals surface area contributed by atoms with Crippen LogP contribution < -0.4 is 5.32 Å². The molecule has 0 atom stereocenters. The molecule has 0 amide bonds. The molecule has 0 aliphatic heterocycles. The summed E-state index contributed by atoms with van der Waals surface area (Å²) in [6, 6.07) is 7.25. The average molecular weight is 341 g/mol. The van der Waals surface area contributed by atoms with E-state index in [0.29, 0.717) is 11.3 Å². The molecule has 1 aromatic heterocycles. The molecule has 0 spiro atoms. The van der Waals surface area contributed by atoms with E-state index in [1.165, 1.54) is 43.6 Å². The maximum Gasteiger partial charge on any atom is 0.327 e. The van der Waals surface area contributed by atoms with Crippen molar-refractivity contribution in [3.63, 3.8) is 0 Å². The maximum atomic E-state index is 11.5. The van der Waals surface area contributed by atoms with Crippen molar-refractivity contribution in [3.05, 3.63) is 62.5 Å². The largest absolute Gasteiger partial charge is 0.344 e. The minimum atomic E-state index is -0.720. The van der Waals surface area contributed by atoms with Crippen molar-refractivity contribution in [2.75, 3.05) is 5.32 Å². The summed E-state index contributed by atoms with van der Waals surface area (Å²) in [6.45, 7) is 1.41. The summed E-state index contributed by atoms with van der Waals surface area (Å²) in [5, 5.41) is 25.5. The molecule has 3 aromatic rings. The Morgan fingerprint density at radius 1 is 1.16 bits per heavy atom. The summed E-state index contributed by atoms with van der Waals surface area (Å²) in [7, 11) is 0. The Kier molecular flexibility index (Phi) is 3.85. The van der Waals surface area contributed by atoms with E-state index < -0.39 is 21.2 Å². The van der Waals surface area contributed by atoms with Gasteiger partial charge in [0, 0.05) is 17.3 Å². The van der Waals surface area contributed by atoms with Gasteiger partial charge < -0.3 is 10.3 Å². The van der Waals surface area contributed by atoms with Gasteiger partial charge in [-0.15, -0.1) is 0 Å². The summed E-state index contributed by atoms with van der Waals surface area (Å²) < 4.78 is 0. The van der Waals surface area contributed by atoms with Gasteiger partial charge in [-0.1, -0.05) is 0 Å². The van der Waals surface area contributed by atoms with Gasteiger partial charge >= 0.3 is 11.4 Å². The van der Waals surface area contributed by atoms with Crippen LogP contribution in [0, 0.1) is 20.2 Å². The van der Waals surface area contributed by atoms with Gasteiger partial charge in [-0.2, -0.15) is 0 Å². The van der Waals surface area contributed by atoms with E-state index in [-0.39, 0.29) is 22.5 Å². The zero-order valence-electron chi connectivity index (χ0n) is 12.8. The summed E-state index contributed by atoms with van der Waals surface area (Å²) in [6.07, 6.45) is 1.23. The minimum absolute atomic E-state index is 0.0125. The van der Waals surface area contributed by atoms with Crippen LogP contribution in [-0.2, 0) is 0 Å².